The van der Waals surface area contributed by atoms with Crippen LogP contribution in [0.3, 0.4) is 0 Å². The van der Waals surface area contributed by atoms with Gasteiger partial charge in [-0.2, -0.15) is 5.10 Å². The Bertz CT molecular complexity index is 518. The quantitative estimate of drug-likeness (QED) is 0.752. The molecule has 2 atom stereocenters. The number of ether oxygens (including phenoxy) is 1. The van der Waals surface area contributed by atoms with Crippen LogP contribution in [0.4, 0.5) is 0 Å². The summed E-state index contributed by atoms with van der Waals surface area (Å²) in [6.45, 7) is 3.74. The summed E-state index contributed by atoms with van der Waals surface area (Å²) in [7, 11) is 3.79. The van der Waals surface area contributed by atoms with Gasteiger partial charge in [0, 0.05) is 52.5 Å². The Morgan fingerprint density at radius 3 is 2.91 bits per heavy atom. The lowest BCUT2D eigenvalue weighted by molar-refractivity contribution is -0.134. The molecule has 1 amide bonds. The van der Waals surface area contributed by atoms with Crippen LogP contribution in [0.25, 0.3) is 0 Å². The molecule has 3 rings (SSSR count). The molecule has 130 valence electrons. The summed E-state index contributed by atoms with van der Waals surface area (Å²) < 4.78 is 7.43. The molecule has 0 spiro atoms. The van der Waals surface area contributed by atoms with E-state index in [0.717, 1.165) is 31.2 Å². The van der Waals surface area contributed by atoms with Gasteiger partial charge < -0.3 is 15.0 Å². The van der Waals surface area contributed by atoms with Crippen LogP contribution in [0.2, 0.25) is 0 Å². The molecule has 1 N–H and O–H groups in total. The van der Waals surface area contributed by atoms with Crippen molar-refractivity contribution in [2.24, 2.45) is 18.9 Å². The smallest absolute Gasteiger partial charge is 0.227 e. The van der Waals surface area contributed by atoms with Gasteiger partial charge in [0.15, 0.2) is 0 Å². The second-order valence-electron chi connectivity index (χ2n) is 6.60. The zero-order valence-electron chi connectivity index (χ0n) is 13.9. The van der Waals surface area contributed by atoms with Gasteiger partial charge in [0.2, 0.25) is 5.91 Å². The van der Waals surface area contributed by atoms with Gasteiger partial charge in [0.1, 0.15) is 0 Å². The molecule has 0 radical (unpaired) electrons. The van der Waals surface area contributed by atoms with Gasteiger partial charge in [-0.15, -0.1) is 12.4 Å². The van der Waals surface area contributed by atoms with Crippen molar-refractivity contribution in [1.29, 1.82) is 0 Å². The van der Waals surface area contributed by atoms with Crippen LogP contribution in [0.5, 0.6) is 0 Å². The fraction of sp³-hybridized carbons (Fsp3) is 0.750. The predicted molar refractivity (Wildman–Crippen MR) is 90.7 cm³/mol. The van der Waals surface area contributed by atoms with E-state index in [1.807, 2.05) is 31.4 Å². The Hall–Kier alpha value is -1.11. The summed E-state index contributed by atoms with van der Waals surface area (Å²) in [5, 5.41) is 7.57. The zero-order valence-corrected chi connectivity index (χ0v) is 14.7. The summed E-state index contributed by atoms with van der Waals surface area (Å²) in [5.74, 6) is 1.19. The van der Waals surface area contributed by atoms with Crippen molar-refractivity contribution in [2.45, 2.75) is 18.8 Å². The first-order valence-corrected chi connectivity index (χ1v) is 8.17. The van der Waals surface area contributed by atoms with E-state index in [2.05, 4.69) is 10.4 Å². The molecule has 6 nitrogen and oxygen atoms in total. The highest BCUT2D eigenvalue weighted by Crippen LogP contribution is 2.29. The summed E-state index contributed by atoms with van der Waals surface area (Å²) in [4.78, 5) is 14.5. The van der Waals surface area contributed by atoms with Crippen LogP contribution >= 0.6 is 12.4 Å². The number of rotatable bonds is 7. The van der Waals surface area contributed by atoms with Crippen LogP contribution in [0.1, 0.15) is 24.3 Å². The third-order valence-corrected chi connectivity index (χ3v) is 4.68. The normalized spacial score (nSPS) is 23.6. The molecule has 1 aromatic heterocycles. The predicted octanol–water partition coefficient (Wildman–Crippen LogP) is 1.03. The molecular formula is C16H27ClN4O2. The first-order valence-electron chi connectivity index (χ1n) is 8.17. The average molecular weight is 343 g/mol. The maximum absolute atomic E-state index is 12.7. The molecule has 1 aromatic rings. The third kappa shape index (κ3) is 4.68. The molecule has 1 saturated heterocycles. The summed E-state index contributed by atoms with van der Waals surface area (Å²) in [5.41, 5.74) is 1.14. The average Bonchev–Trinajstić information content (AvgIpc) is 3.02. The number of amides is 1. The fourth-order valence-corrected chi connectivity index (χ4v) is 3.05. The fourth-order valence-electron chi connectivity index (χ4n) is 3.05. The summed E-state index contributed by atoms with van der Waals surface area (Å²) in [6.07, 6.45) is 6.48. The minimum atomic E-state index is -0.00219. The molecule has 1 saturated carbocycles. The molecule has 23 heavy (non-hydrogen) atoms. The van der Waals surface area contributed by atoms with E-state index < -0.39 is 0 Å². The number of aromatic nitrogens is 2. The number of carbonyl (C=O) groups excluding carboxylic acids is 1. The second-order valence-corrected chi connectivity index (χ2v) is 6.60. The number of nitrogens with one attached hydrogen (secondary N) is 1. The largest absolute Gasteiger partial charge is 0.379 e. The molecule has 0 aromatic carbocycles. The molecule has 1 aliphatic heterocycles. The molecule has 1 aliphatic carbocycles. The van der Waals surface area contributed by atoms with Crippen molar-refractivity contribution >= 4 is 18.3 Å². The van der Waals surface area contributed by atoms with Crippen LogP contribution < -0.4 is 5.32 Å². The number of aryl methyl sites for hydroxylation is 1. The Morgan fingerprint density at radius 1 is 1.48 bits per heavy atom. The molecule has 0 unspecified atom stereocenters. The maximum atomic E-state index is 12.7. The number of hydrogen-bond donors (Lipinski definition) is 1. The molecular weight excluding hydrogens is 316 g/mol. The Labute approximate surface area is 144 Å². The third-order valence-electron chi connectivity index (χ3n) is 4.68. The van der Waals surface area contributed by atoms with Gasteiger partial charge in [-0.1, -0.05) is 0 Å². The minimum Gasteiger partial charge on any atom is -0.379 e. The Balaban J connectivity index is 0.00000192. The highest BCUT2D eigenvalue weighted by atomic mass is 35.5. The molecule has 2 fully saturated rings. The van der Waals surface area contributed by atoms with E-state index in [4.69, 9.17) is 4.74 Å². The van der Waals surface area contributed by atoms with Crippen LogP contribution in [0.15, 0.2) is 12.4 Å². The monoisotopic (exact) mass is 342 g/mol. The first kappa shape index (κ1) is 18.2. The lowest BCUT2D eigenvalue weighted by atomic mass is 9.90. The van der Waals surface area contributed by atoms with Gasteiger partial charge in [-0.05, 0) is 24.3 Å². The molecule has 7 heteroatoms. The van der Waals surface area contributed by atoms with Crippen molar-refractivity contribution in [2.75, 3.05) is 39.9 Å². The van der Waals surface area contributed by atoms with Crippen molar-refractivity contribution < 1.29 is 9.53 Å². The highest BCUT2D eigenvalue weighted by molar-refractivity contribution is 5.85. The number of hydrogen-bond acceptors (Lipinski definition) is 4. The molecule has 2 aliphatic rings. The Kier molecular flexibility index (Phi) is 6.44. The van der Waals surface area contributed by atoms with Gasteiger partial charge >= 0.3 is 0 Å². The van der Waals surface area contributed by atoms with E-state index in [9.17, 15) is 4.79 Å². The van der Waals surface area contributed by atoms with Crippen molar-refractivity contribution in [1.82, 2.24) is 20.0 Å². The van der Waals surface area contributed by atoms with E-state index in [0.29, 0.717) is 13.2 Å². The second kappa shape index (κ2) is 8.13. The summed E-state index contributed by atoms with van der Waals surface area (Å²) >= 11 is 0. The highest BCUT2D eigenvalue weighted by Gasteiger charge is 2.36. The van der Waals surface area contributed by atoms with Crippen LogP contribution in [-0.4, -0.2) is 60.5 Å². The van der Waals surface area contributed by atoms with Gasteiger partial charge in [-0.3, -0.25) is 9.48 Å². The van der Waals surface area contributed by atoms with E-state index in [1.54, 1.807) is 4.68 Å². The standard InChI is InChI=1S/C16H26N4O2.ClH/c1-19(5-6-22-11-12-3-4-12)16(21)15-9-17-8-14(15)13-7-18-20(2)10-13;/h7,10,12,14-15,17H,3-6,8-9,11H2,1-2H3;1H/t14-,15+;/m1./s1. The number of nitrogens with zero attached hydrogens (tertiary/aromatic N) is 3. The maximum Gasteiger partial charge on any atom is 0.227 e. The zero-order chi connectivity index (χ0) is 15.5. The van der Waals surface area contributed by atoms with Gasteiger partial charge in [-0.25, -0.2) is 0 Å². The topological polar surface area (TPSA) is 59.4 Å². The van der Waals surface area contributed by atoms with Gasteiger partial charge in [0.25, 0.3) is 0 Å². The van der Waals surface area contributed by atoms with Crippen molar-refractivity contribution in [3.8, 4) is 0 Å². The van der Waals surface area contributed by atoms with E-state index >= 15 is 0 Å². The Morgan fingerprint density at radius 2 is 2.26 bits per heavy atom. The van der Waals surface area contributed by atoms with Crippen molar-refractivity contribution in [3.05, 3.63) is 18.0 Å². The minimum absolute atomic E-state index is 0. The van der Waals surface area contributed by atoms with Gasteiger partial charge in [0.05, 0.1) is 18.7 Å². The lowest BCUT2D eigenvalue weighted by Crippen LogP contribution is -2.38. The van der Waals surface area contributed by atoms with Crippen molar-refractivity contribution in [3.63, 3.8) is 0 Å². The summed E-state index contributed by atoms with van der Waals surface area (Å²) in [6, 6.07) is 0. The van der Waals surface area contributed by atoms with Crippen LogP contribution in [0, 0.1) is 11.8 Å². The molecule has 2 heterocycles. The first-order chi connectivity index (χ1) is 10.6. The number of likely N-dealkylation sites (N-methyl/N-ethyl adjacent to an activating group) is 1. The molecule has 0 bridgehead atoms. The van der Waals surface area contributed by atoms with Crippen LogP contribution in [-0.2, 0) is 16.6 Å². The number of halogens is 1. The number of carbonyl (C=O) groups is 1. The lowest BCUT2D eigenvalue weighted by Gasteiger charge is -2.24. The van der Waals surface area contributed by atoms with E-state index in [-0.39, 0.29) is 30.2 Å². The van der Waals surface area contributed by atoms with E-state index in [1.165, 1.54) is 12.8 Å². The SMILES string of the molecule is CN(CCOCC1CC1)C(=O)[C@H]1CNC[C@@H]1c1cnn(C)c1.Cl.